The van der Waals surface area contributed by atoms with Crippen LogP contribution in [0.4, 0.5) is 22.0 Å². The Kier molecular flexibility index (Phi) is 4.80. The predicted molar refractivity (Wildman–Crippen MR) is 90.7 cm³/mol. The Labute approximate surface area is 155 Å². The van der Waals surface area contributed by atoms with Crippen molar-refractivity contribution in [1.29, 1.82) is 0 Å². The maximum Gasteiger partial charge on any atom is 0.418 e. The lowest BCUT2D eigenvalue weighted by molar-refractivity contribution is -0.139. The summed E-state index contributed by atoms with van der Waals surface area (Å²) in [5.74, 6) is -3.38. The molecule has 0 spiro atoms. The first-order valence-corrected chi connectivity index (χ1v) is 9.03. The molecule has 0 aliphatic carbocycles. The van der Waals surface area contributed by atoms with E-state index in [2.05, 4.69) is 0 Å². The molecule has 0 saturated carbocycles. The smallest absolute Gasteiger partial charge is 0.418 e. The molecule has 0 aliphatic rings. The first kappa shape index (κ1) is 20.0. The van der Waals surface area contributed by atoms with Crippen LogP contribution in [0.25, 0.3) is 21.9 Å². The number of ether oxygens (including phenoxy) is 1. The number of fused-ring (bicyclic) bond motifs is 1. The summed E-state index contributed by atoms with van der Waals surface area (Å²) in [5, 5.41) is -0.439. The predicted octanol–water partition coefficient (Wildman–Crippen LogP) is 5.06. The normalized spacial score (nSPS) is 12.4. The van der Waals surface area contributed by atoms with Gasteiger partial charge >= 0.3 is 6.18 Å². The summed E-state index contributed by atoms with van der Waals surface area (Å²) in [6.07, 6.45) is -5.31. The molecule has 0 atom stereocenters. The van der Waals surface area contributed by atoms with Gasteiger partial charge in [0.05, 0.1) is 12.7 Å². The third-order valence-corrected chi connectivity index (χ3v) is 5.01. The van der Waals surface area contributed by atoms with E-state index in [1.807, 2.05) is 0 Å². The van der Waals surface area contributed by atoms with Gasteiger partial charge in [0.2, 0.25) is 0 Å². The third-order valence-electron chi connectivity index (χ3n) is 4.07. The van der Waals surface area contributed by atoms with Crippen molar-refractivity contribution in [3.63, 3.8) is 0 Å². The molecule has 10 heteroatoms. The van der Waals surface area contributed by atoms with Crippen molar-refractivity contribution in [3.05, 3.63) is 59.7 Å². The van der Waals surface area contributed by atoms with E-state index in [1.54, 1.807) is 0 Å². The summed E-state index contributed by atoms with van der Waals surface area (Å²) in [7, 11) is -4.28. The standard InChI is InChI=1S/C18H11F5O4S/c1-27-10-7-13(16(20)14(19)8-10)12-6-9-4-2-3-5-11(9)17(28(24,25)26)15(12)18(21,22)23/h2-8H,1H3,(H,24,25,26). The molecule has 0 unspecified atom stereocenters. The lowest BCUT2D eigenvalue weighted by Gasteiger charge is -2.19. The summed E-state index contributed by atoms with van der Waals surface area (Å²) in [5.41, 5.74) is -3.62. The highest BCUT2D eigenvalue weighted by Gasteiger charge is 2.41. The van der Waals surface area contributed by atoms with Gasteiger partial charge in [0.15, 0.2) is 11.6 Å². The molecule has 3 rings (SSSR count). The van der Waals surface area contributed by atoms with E-state index in [-0.39, 0.29) is 11.1 Å². The van der Waals surface area contributed by atoms with Gasteiger partial charge in [-0.15, -0.1) is 0 Å². The van der Waals surface area contributed by atoms with Crippen molar-refractivity contribution in [1.82, 2.24) is 0 Å². The lowest BCUT2D eigenvalue weighted by atomic mass is 9.94. The fourth-order valence-electron chi connectivity index (χ4n) is 2.95. The zero-order valence-electron chi connectivity index (χ0n) is 14.0. The molecule has 0 fully saturated rings. The summed E-state index contributed by atoms with van der Waals surface area (Å²) < 4.78 is 108. The average molecular weight is 418 g/mol. The van der Waals surface area contributed by atoms with Crippen LogP contribution in [0.2, 0.25) is 0 Å². The van der Waals surface area contributed by atoms with Gasteiger partial charge in [-0.3, -0.25) is 4.55 Å². The molecule has 0 amide bonds. The number of halogens is 5. The minimum absolute atomic E-state index is 0.0271. The molecule has 0 heterocycles. The van der Waals surface area contributed by atoms with Crippen LogP contribution in [-0.4, -0.2) is 20.1 Å². The molecule has 3 aromatic carbocycles. The number of rotatable bonds is 3. The zero-order chi connectivity index (χ0) is 20.9. The van der Waals surface area contributed by atoms with E-state index in [1.165, 1.54) is 18.2 Å². The van der Waals surface area contributed by atoms with Gasteiger partial charge in [0.25, 0.3) is 10.1 Å². The highest BCUT2D eigenvalue weighted by molar-refractivity contribution is 7.86. The molecule has 0 bridgehead atoms. The van der Waals surface area contributed by atoms with E-state index < -0.39 is 54.9 Å². The number of methoxy groups -OCH3 is 1. The molecule has 0 radical (unpaired) electrons. The SMILES string of the molecule is COc1cc(F)c(F)c(-c2cc3ccccc3c(S(=O)(=O)O)c2C(F)(F)F)c1. The van der Waals surface area contributed by atoms with Gasteiger partial charge in [-0.2, -0.15) is 21.6 Å². The Morgan fingerprint density at radius 3 is 2.21 bits per heavy atom. The Morgan fingerprint density at radius 2 is 1.64 bits per heavy atom. The summed E-state index contributed by atoms with van der Waals surface area (Å²) in [4.78, 5) is -1.43. The minimum Gasteiger partial charge on any atom is -0.497 e. The molecule has 3 aromatic rings. The molecule has 148 valence electrons. The Balaban J connectivity index is 2.61. The van der Waals surface area contributed by atoms with Gasteiger partial charge in [-0.05, 0) is 23.1 Å². The first-order chi connectivity index (χ1) is 12.9. The van der Waals surface area contributed by atoms with Crippen LogP contribution in [0.15, 0.2) is 47.4 Å². The summed E-state index contributed by atoms with van der Waals surface area (Å²) in [6, 6.07) is 7.37. The fraction of sp³-hybridized carbons (Fsp3) is 0.111. The van der Waals surface area contributed by atoms with Crippen molar-refractivity contribution in [2.75, 3.05) is 7.11 Å². The molecular weight excluding hydrogens is 407 g/mol. The van der Waals surface area contributed by atoms with Crippen molar-refractivity contribution >= 4 is 20.9 Å². The average Bonchev–Trinajstić information content (AvgIpc) is 2.60. The monoisotopic (exact) mass is 418 g/mol. The van der Waals surface area contributed by atoms with Crippen LogP contribution in [0.1, 0.15) is 5.56 Å². The van der Waals surface area contributed by atoms with Crippen molar-refractivity contribution in [2.24, 2.45) is 0 Å². The molecule has 0 aliphatic heterocycles. The second-order valence-corrected chi connectivity index (χ2v) is 7.15. The number of hydrogen-bond donors (Lipinski definition) is 1. The van der Waals surface area contributed by atoms with Gasteiger partial charge in [0, 0.05) is 17.0 Å². The zero-order valence-corrected chi connectivity index (χ0v) is 14.8. The molecule has 0 aromatic heterocycles. The maximum absolute atomic E-state index is 14.4. The first-order valence-electron chi connectivity index (χ1n) is 7.59. The number of benzene rings is 3. The van der Waals surface area contributed by atoms with Gasteiger partial charge in [0.1, 0.15) is 10.6 Å². The molecule has 4 nitrogen and oxygen atoms in total. The number of alkyl halides is 3. The maximum atomic E-state index is 14.4. The Bertz CT molecular complexity index is 1190. The molecule has 0 saturated heterocycles. The van der Waals surface area contributed by atoms with Crippen LogP contribution < -0.4 is 4.74 Å². The topological polar surface area (TPSA) is 63.6 Å². The second kappa shape index (κ2) is 6.71. The van der Waals surface area contributed by atoms with Crippen LogP contribution in [-0.2, 0) is 16.3 Å². The lowest BCUT2D eigenvalue weighted by Crippen LogP contribution is -2.16. The van der Waals surface area contributed by atoms with Crippen LogP contribution in [0.3, 0.4) is 0 Å². The van der Waals surface area contributed by atoms with Crippen molar-refractivity contribution in [2.45, 2.75) is 11.1 Å². The minimum atomic E-state index is -5.38. The Morgan fingerprint density at radius 1 is 1.00 bits per heavy atom. The molecule has 28 heavy (non-hydrogen) atoms. The van der Waals surface area contributed by atoms with E-state index >= 15 is 0 Å². The second-order valence-electron chi connectivity index (χ2n) is 5.79. The Hall–Kier alpha value is -2.72. The van der Waals surface area contributed by atoms with Crippen LogP contribution >= 0.6 is 0 Å². The highest BCUT2D eigenvalue weighted by Crippen LogP contribution is 2.45. The van der Waals surface area contributed by atoms with E-state index in [0.717, 1.165) is 25.3 Å². The van der Waals surface area contributed by atoms with E-state index in [0.29, 0.717) is 6.07 Å². The van der Waals surface area contributed by atoms with Crippen molar-refractivity contribution < 1.29 is 39.7 Å². The summed E-state index contributed by atoms with van der Waals surface area (Å²) in [6.45, 7) is 0. The molecule has 1 N–H and O–H groups in total. The third kappa shape index (κ3) is 3.40. The van der Waals surface area contributed by atoms with Crippen LogP contribution in [0.5, 0.6) is 5.75 Å². The highest BCUT2D eigenvalue weighted by atomic mass is 32.2. The van der Waals surface area contributed by atoms with Gasteiger partial charge in [-0.25, -0.2) is 8.78 Å². The van der Waals surface area contributed by atoms with Gasteiger partial charge in [-0.1, -0.05) is 24.3 Å². The quantitative estimate of drug-likeness (QED) is 0.477. The summed E-state index contributed by atoms with van der Waals surface area (Å²) >= 11 is 0. The van der Waals surface area contributed by atoms with Crippen molar-refractivity contribution in [3.8, 4) is 16.9 Å². The largest absolute Gasteiger partial charge is 0.497 e. The number of hydrogen-bond acceptors (Lipinski definition) is 3. The van der Waals surface area contributed by atoms with E-state index in [9.17, 15) is 34.9 Å². The fourth-order valence-corrected chi connectivity index (χ4v) is 3.90. The van der Waals surface area contributed by atoms with Gasteiger partial charge < -0.3 is 4.74 Å². The van der Waals surface area contributed by atoms with Crippen LogP contribution in [0, 0.1) is 11.6 Å². The van der Waals surface area contributed by atoms with E-state index in [4.69, 9.17) is 4.74 Å². The molecular formula is C18H11F5O4S.